The van der Waals surface area contributed by atoms with Gasteiger partial charge in [0.15, 0.2) is 0 Å². The number of allylic oxidation sites excluding steroid dienone is 1. The van der Waals surface area contributed by atoms with E-state index < -0.39 is 0 Å². The molecule has 1 heteroatoms. The first-order valence-electron chi connectivity index (χ1n) is 1.62. The normalized spacial score (nSPS) is 7.00. The van der Waals surface area contributed by atoms with E-state index in [1.807, 2.05) is 5.82 Å². The molecule has 0 aromatic heterocycles. The molecule has 0 nitrogen and oxygen atoms in total. The van der Waals surface area contributed by atoms with Crippen LogP contribution in [0, 0.1) is 0 Å². The van der Waals surface area contributed by atoms with Gasteiger partial charge in [0.25, 0.3) is 0 Å². The van der Waals surface area contributed by atoms with E-state index in [-0.39, 0.29) is 0 Å². The molecule has 5 heavy (non-hydrogen) atoms. The van der Waals surface area contributed by atoms with Crippen molar-refractivity contribution in [3.05, 3.63) is 11.4 Å². The Bertz CT molecular complexity index is 41.6. The summed E-state index contributed by atoms with van der Waals surface area (Å²) in [5.41, 5.74) is 1.34. The molecule has 0 radical (unpaired) electrons. The number of hydrogen-bond acceptors (Lipinski definition) is 0. The van der Waals surface area contributed by atoms with Gasteiger partial charge >= 0.3 is 0 Å². The molecule has 0 aromatic carbocycles. The molecule has 0 amide bonds. The fourth-order valence-electron chi connectivity index (χ4n) is 0. The second-order valence-corrected chi connectivity index (χ2v) is 1.58. The van der Waals surface area contributed by atoms with E-state index in [9.17, 15) is 0 Å². The zero-order chi connectivity index (χ0) is 4.28. The second-order valence-electron chi connectivity index (χ2n) is 1.24. The molecule has 0 aliphatic rings. The van der Waals surface area contributed by atoms with Crippen LogP contribution in [0.25, 0.3) is 0 Å². The lowest BCUT2D eigenvalue weighted by Crippen LogP contribution is -1.48. The molecule has 0 aromatic rings. The van der Waals surface area contributed by atoms with Crippen molar-refractivity contribution >= 4 is 9.24 Å². The minimum atomic E-state index is 1.34. The summed E-state index contributed by atoms with van der Waals surface area (Å²) >= 11 is 0. The summed E-state index contributed by atoms with van der Waals surface area (Å²) < 4.78 is 0. The summed E-state index contributed by atoms with van der Waals surface area (Å²) in [5, 5.41) is 0. The Labute approximate surface area is 35.5 Å². The van der Waals surface area contributed by atoms with Gasteiger partial charge in [0.05, 0.1) is 0 Å². The maximum atomic E-state index is 2.53. The number of hydrogen-bond donors (Lipinski definition) is 0. The van der Waals surface area contributed by atoms with Crippen LogP contribution in [-0.2, 0) is 0 Å². The molecule has 0 aliphatic carbocycles. The molecule has 0 fully saturated rings. The third-order valence-electron chi connectivity index (χ3n) is 0.333. The maximum absolute atomic E-state index is 2.53. The van der Waals surface area contributed by atoms with Crippen LogP contribution >= 0.6 is 9.24 Å². The molecule has 0 saturated heterocycles. The maximum Gasteiger partial charge on any atom is -0.0439 e. The van der Waals surface area contributed by atoms with Gasteiger partial charge in [0.2, 0.25) is 0 Å². The quantitative estimate of drug-likeness (QED) is 0.396. The Morgan fingerprint density at radius 2 is 1.80 bits per heavy atom. The Hall–Kier alpha value is 0.170. The van der Waals surface area contributed by atoms with Crippen molar-refractivity contribution < 1.29 is 0 Å². The van der Waals surface area contributed by atoms with E-state index in [0.717, 1.165) is 0 Å². The van der Waals surface area contributed by atoms with Crippen LogP contribution in [0.5, 0.6) is 0 Å². The van der Waals surface area contributed by atoms with Crippen LogP contribution in [0.4, 0.5) is 0 Å². The SMILES string of the molecule is CC(C)=CP. The van der Waals surface area contributed by atoms with Crippen molar-refractivity contribution in [1.82, 2.24) is 0 Å². The highest BCUT2D eigenvalue weighted by atomic mass is 31.0. The van der Waals surface area contributed by atoms with Crippen LogP contribution in [0.3, 0.4) is 0 Å². The van der Waals surface area contributed by atoms with Crippen molar-refractivity contribution in [1.29, 1.82) is 0 Å². The molecule has 0 rings (SSSR count). The highest BCUT2D eigenvalue weighted by Crippen LogP contribution is 1.91. The van der Waals surface area contributed by atoms with Gasteiger partial charge < -0.3 is 0 Å². The van der Waals surface area contributed by atoms with Crippen LogP contribution in [0.1, 0.15) is 13.8 Å². The highest BCUT2D eigenvalue weighted by molar-refractivity contribution is 7.20. The van der Waals surface area contributed by atoms with Gasteiger partial charge in [-0.1, -0.05) is 11.4 Å². The van der Waals surface area contributed by atoms with Gasteiger partial charge in [-0.25, -0.2) is 0 Å². The van der Waals surface area contributed by atoms with Gasteiger partial charge in [-0.3, -0.25) is 0 Å². The molecule has 1 atom stereocenters. The lowest BCUT2D eigenvalue weighted by Gasteiger charge is -1.73. The van der Waals surface area contributed by atoms with Crippen molar-refractivity contribution in [2.24, 2.45) is 0 Å². The van der Waals surface area contributed by atoms with Crippen LogP contribution in [0.15, 0.2) is 11.4 Å². The first-order chi connectivity index (χ1) is 2.27. The van der Waals surface area contributed by atoms with Gasteiger partial charge in [0, 0.05) is 0 Å². The van der Waals surface area contributed by atoms with Crippen molar-refractivity contribution in [2.45, 2.75) is 13.8 Å². The van der Waals surface area contributed by atoms with Crippen LogP contribution in [0.2, 0.25) is 0 Å². The van der Waals surface area contributed by atoms with Crippen LogP contribution in [-0.4, -0.2) is 0 Å². The Morgan fingerprint density at radius 1 is 1.60 bits per heavy atom. The summed E-state index contributed by atoms with van der Waals surface area (Å²) in [6.45, 7) is 4.12. The molecule has 1 unspecified atom stereocenters. The second kappa shape index (κ2) is 2.41. The Morgan fingerprint density at radius 3 is 1.80 bits per heavy atom. The molecule has 0 saturated carbocycles. The third kappa shape index (κ3) is 4.17. The van der Waals surface area contributed by atoms with E-state index in [4.69, 9.17) is 0 Å². The predicted octanol–water partition coefficient (Wildman–Crippen LogP) is 1.79. The van der Waals surface area contributed by atoms with E-state index in [0.29, 0.717) is 0 Å². The topological polar surface area (TPSA) is 0 Å². The average Bonchev–Trinajstić information content (AvgIpc) is 1.38. The summed E-state index contributed by atoms with van der Waals surface area (Å²) in [5.74, 6) is 2.00. The van der Waals surface area contributed by atoms with Gasteiger partial charge in [-0.2, -0.15) is 0 Å². The van der Waals surface area contributed by atoms with Crippen molar-refractivity contribution in [3.63, 3.8) is 0 Å². The fourth-order valence-corrected chi connectivity index (χ4v) is 0. The number of rotatable bonds is 0. The van der Waals surface area contributed by atoms with Gasteiger partial charge in [-0.15, -0.1) is 9.24 Å². The van der Waals surface area contributed by atoms with E-state index in [1.165, 1.54) is 5.57 Å². The first-order valence-corrected chi connectivity index (χ1v) is 2.29. The first kappa shape index (κ1) is 5.17. The molecule has 0 heterocycles. The third-order valence-corrected chi connectivity index (χ3v) is 1.00. The molecular weight excluding hydrogens is 79.0 g/mol. The van der Waals surface area contributed by atoms with Crippen molar-refractivity contribution in [3.8, 4) is 0 Å². The Balaban J connectivity index is 3.14. The monoisotopic (exact) mass is 88.0 g/mol. The molecule has 0 N–H and O–H groups in total. The zero-order valence-electron chi connectivity index (χ0n) is 3.65. The summed E-state index contributed by atoms with van der Waals surface area (Å²) in [4.78, 5) is 0. The van der Waals surface area contributed by atoms with Crippen molar-refractivity contribution in [2.75, 3.05) is 0 Å². The minimum absolute atomic E-state index is 1.34. The van der Waals surface area contributed by atoms with E-state index in [2.05, 4.69) is 23.1 Å². The zero-order valence-corrected chi connectivity index (χ0v) is 4.81. The van der Waals surface area contributed by atoms with E-state index >= 15 is 0 Å². The summed E-state index contributed by atoms with van der Waals surface area (Å²) in [6, 6.07) is 0. The van der Waals surface area contributed by atoms with Gasteiger partial charge in [0.1, 0.15) is 0 Å². The lowest BCUT2D eigenvalue weighted by molar-refractivity contribution is 1.42. The molecule has 0 bridgehead atoms. The largest absolute Gasteiger partial charge is 0.114 e. The summed E-state index contributed by atoms with van der Waals surface area (Å²) in [6.07, 6.45) is 0. The summed E-state index contributed by atoms with van der Waals surface area (Å²) in [7, 11) is 2.53. The van der Waals surface area contributed by atoms with Gasteiger partial charge in [-0.05, 0) is 13.8 Å². The molecular formula is C4H9P. The minimum Gasteiger partial charge on any atom is -0.114 e. The smallest absolute Gasteiger partial charge is 0.0439 e. The van der Waals surface area contributed by atoms with Crippen LogP contribution < -0.4 is 0 Å². The lowest BCUT2D eigenvalue weighted by atomic mass is 10.4. The van der Waals surface area contributed by atoms with E-state index in [1.54, 1.807) is 0 Å². The average molecular weight is 88.1 g/mol. The Kier molecular flexibility index (Phi) is 2.49. The molecule has 0 aliphatic heterocycles. The molecule has 0 spiro atoms. The predicted molar refractivity (Wildman–Crippen MR) is 29.1 cm³/mol. The fraction of sp³-hybridized carbons (Fsp3) is 0.500. The molecule has 30 valence electrons. The standard InChI is InChI=1S/C4H9P/c1-4(2)3-5/h3H,5H2,1-2H3. The highest BCUT2D eigenvalue weighted by Gasteiger charge is 1.60.